The zero-order chi connectivity index (χ0) is 13.9. The first-order valence-corrected chi connectivity index (χ1v) is 7.65. The van der Waals surface area contributed by atoms with Crippen LogP contribution in [0.5, 0.6) is 0 Å². The van der Waals surface area contributed by atoms with Crippen molar-refractivity contribution in [3.8, 4) is 0 Å². The largest absolute Gasteiger partial charge is 0.361 e. The lowest BCUT2D eigenvalue weighted by molar-refractivity contribution is 0.223. The summed E-state index contributed by atoms with van der Waals surface area (Å²) in [4.78, 5) is 0. The second kappa shape index (κ2) is 6.08. The molecule has 0 amide bonds. The molecule has 1 saturated carbocycles. The highest BCUT2D eigenvalue weighted by molar-refractivity contribution is 5.20. The van der Waals surface area contributed by atoms with E-state index in [-0.39, 0.29) is 0 Å². The number of nitrogens with one attached hydrogen (secondary N) is 1. The molecule has 1 fully saturated rings. The van der Waals surface area contributed by atoms with Crippen molar-refractivity contribution in [3.05, 3.63) is 17.0 Å². The van der Waals surface area contributed by atoms with Gasteiger partial charge in [0.1, 0.15) is 5.76 Å². The van der Waals surface area contributed by atoms with Gasteiger partial charge in [0, 0.05) is 18.7 Å². The van der Waals surface area contributed by atoms with Gasteiger partial charge in [-0.1, -0.05) is 31.8 Å². The second-order valence-electron chi connectivity index (χ2n) is 6.71. The third-order valence-electron chi connectivity index (χ3n) is 4.49. The number of rotatable bonds is 6. The van der Waals surface area contributed by atoms with Crippen molar-refractivity contribution in [1.82, 2.24) is 10.5 Å². The molecular formula is C16H28N2O. The second-order valence-corrected chi connectivity index (χ2v) is 6.71. The first kappa shape index (κ1) is 14.6. The number of hydrogen-bond donors (Lipinski definition) is 1. The molecule has 1 aromatic heterocycles. The van der Waals surface area contributed by atoms with Crippen molar-refractivity contribution in [2.24, 2.45) is 11.3 Å². The van der Waals surface area contributed by atoms with Crippen molar-refractivity contribution >= 4 is 0 Å². The lowest BCUT2D eigenvalue weighted by Gasteiger charge is -2.31. The Labute approximate surface area is 117 Å². The Hall–Kier alpha value is -0.830. The van der Waals surface area contributed by atoms with E-state index < -0.39 is 0 Å². The minimum absolute atomic E-state index is 0.535. The van der Waals surface area contributed by atoms with Crippen LogP contribution in [-0.2, 0) is 6.54 Å². The zero-order valence-electron chi connectivity index (χ0n) is 12.9. The van der Waals surface area contributed by atoms with Gasteiger partial charge in [-0.2, -0.15) is 0 Å². The van der Waals surface area contributed by atoms with Gasteiger partial charge in [-0.05, 0) is 44.4 Å². The molecule has 19 heavy (non-hydrogen) atoms. The monoisotopic (exact) mass is 264 g/mol. The number of hydrogen-bond acceptors (Lipinski definition) is 3. The molecule has 0 radical (unpaired) electrons. The van der Waals surface area contributed by atoms with Crippen LogP contribution in [0.4, 0.5) is 0 Å². The molecule has 0 aromatic carbocycles. The Morgan fingerprint density at radius 2 is 1.95 bits per heavy atom. The minimum atomic E-state index is 0.535. The fourth-order valence-corrected chi connectivity index (χ4v) is 3.65. The Kier molecular flexibility index (Phi) is 4.67. The van der Waals surface area contributed by atoms with E-state index in [0.29, 0.717) is 5.41 Å². The molecule has 1 aliphatic carbocycles. The van der Waals surface area contributed by atoms with Crippen molar-refractivity contribution in [3.63, 3.8) is 0 Å². The molecule has 1 aromatic rings. The van der Waals surface area contributed by atoms with Crippen molar-refractivity contribution in [1.29, 1.82) is 0 Å². The molecule has 1 heterocycles. The van der Waals surface area contributed by atoms with Gasteiger partial charge in [-0.3, -0.25) is 0 Å². The summed E-state index contributed by atoms with van der Waals surface area (Å²) in [5, 5.41) is 7.67. The third-order valence-corrected chi connectivity index (χ3v) is 4.49. The molecule has 108 valence electrons. The smallest absolute Gasteiger partial charge is 0.138 e. The van der Waals surface area contributed by atoms with Gasteiger partial charge >= 0.3 is 0 Å². The summed E-state index contributed by atoms with van der Waals surface area (Å²) in [5.74, 6) is 1.74. The third kappa shape index (κ3) is 3.59. The predicted molar refractivity (Wildman–Crippen MR) is 78.0 cm³/mol. The Morgan fingerprint density at radius 3 is 2.47 bits per heavy atom. The SMILES string of the molecule is Cc1noc(C)c1CNCC1(CC(C)C)CCCC1. The van der Waals surface area contributed by atoms with Crippen LogP contribution in [0.15, 0.2) is 4.52 Å². The van der Waals surface area contributed by atoms with Crippen molar-refractivity contribution in [2.45, 2.75) is 66.3 Å². The van der Waals surface area contributed by atoms with Crippen LogP contribution in [0.3, 0.4) is 0 Å². The molecule has 0 spiro atoms. The standard InChI is InChI=1S/C16H28N2O/c1-12(2)9-16(7-5-6-8-16)11-17-10-15-13(3)18-19-14(15)4/h12,17H,5-11H2,1-4H3. The van der Waals surface area contributed by atoms with E-state index in [0.717, 1.165) is 30.5 Å². The summed E-state index contributed by atoms with van der Waals surface area (Å²) in [6, 6.07) is 0. The molecule has 0 atom stereocenters. The summed E-state index contributed by atoms with van der Waals surface area (Å²) in [5.41, 5.74) is 2.79. The van der Waals surface area contributed by atoms with Gasteiger partial charge in [-0.25, -0.2) is 0 Å². The van der Waals surface area contributed by atoms with E-state index in [9.17, 15) is 0 Å². The summed E-state index contributed by atoms with van der Waals surface area (Å²) >= 11 is 0. The molecule has 0 unspecified atom stereocenters. The molecular weight excluding hydrogens is 236 g/mol. The topological polar surface area (TPSA) is 38.1 Å². The Balaban J connectivity index is 1.89. The average Bonchev–Trinajstić information content (AvgIpc) is 2.90. The maximum atomic E-state index is 5.22. The Bertz CT molecular complexity index is 383. The maximum absolute atomic E-state index is 5.22. The van der Waals surface area contributed by atoms with Crippen LogP contribution in [0.2, 0.25) is 0 Å². The average molecular weight is 264 g/mol. The highest BCUT2D eigenvalue weighted by atomic mass is 16.5. The van der Waals surface area contributed by atoms with Crippen LogP contribution in [0, 0.1) is 25.2 Å². The lowest BCUT2D eigenvalue weighted by atomic mass is 9.78. The molecule has 2 rings (SSSR count). The summed E-state index contributed by atoms with van der Waals surface area (Å²) < 4.78 is 5.22. The van der Waals surface area contributed by atoms with E-state index in [1.54, 1.807) is 0 Å². The number of aryl methyl sites for hydroxylation is 2. The van der Waals surface area contributed by atoms with Crippen LogP contribution in [0.1, 0.15) is 63.0 Å². The molecule has 0 saturated heterocycles. The van der Waals surface area contributed by atoms with E-state index in [4.69, 9.17) is 4.52 Å². The van der Waals surface area contributed by atoms with Crippen LogP contribution in [-0.4, -0.2) is 11.7 Å². The number of nitrogens with zero attached hydrogens (tertiary/aromatic N) is 1. The van der Waals surface area contributed by atoms with Crippen LogP contribution < -0.4 is 5.32 Å². The fraction of sp³-hybridized carbons (Fsp3) is 0.812. The number of aromatic nitrogens is 1. The maximum Gasteiger partial charge on any atom is 0.138 e. The summed E-state index contributed by atoms with van der Waals surface area (Å²) in [6.07, 6.45) is 6.93. The van der Waals surface area contributed by atoms with E-state index >= 15 is 0 Å². The molecule has 0 aliphatic heterocycles. The first-order valence-electron chi connectivity index (χ1n) is 7.65. The van der Waals surface area contributed by atoms with Gasteiger partial charge < -0.3 is 9.84 Å². The summed E-state index contributed by atoms with van der Waals surface area (Å²) in [7, 11) is 0. The fourth-order valence-electron chi connectivity index (χ4n) is 3.65. The van der Waals surface area contributed by atoms with E-state index in [1.165, 1.54) is 37.7 Å². The Morgan fingerprint density at radius 1 is 1.26 bits per heavy atom. The predicted octanol–water partition coefficient (Wildman–Crippen LogP) is 3.99. The normalized spacial score (nSPS) is 18.4. The highest BCUT2D eigenvalue weighted by Gasteiger charge is 2.33. The van der Waals surface area contributed by atoms with Crippen molar-refractivity contribution in [2.75, 3.05) is 6.54 Å². The minimum Gasteiger partial charge on any atom is -0.361 e. The quantitative estimate of drug-likeness (QED) is 0.844. The molecule has 1 N–H and O–H groups in total. The van der Waals surface area contributed by atoms with Gasteiger partial charge in [0.05, 0.1) is 5.69 Å². The van der Waals surface area contributed by atoms with Gasteiger partial charge in [-0.15, -0.1) is 0 Å². The van der Waals surface area contributed by atoms with Crippen LogP contribution in [0.25, 0.3) is 0 Å². The summed E-state index contributed by atoms with van der Waals surface area (Å²) in [6.45, 7) is 10.7. The van der Waals surface area contributed by atoms with Gasteiger partial charge in [0.15, 0.2) is 0 Å². The molecule has 0 bridgehead atoms. The molecule has 1 aliphatic rings. The van der Waals surface area contributed by atoms with Crippen LogP contribution >= 0.6 is 0 Å². The lowest BCUT2D eigenvalue weighted by Crippen LogP contribution is -2.33. The van der Waals surface area contributed by atoms with Gasteiger partial charge in [0.2, 0.25) is 0 Å². The van der Waals surface area contributed by atoms with E-state index in [2.05, 4.69) is 24.3 Å². The first-order chi connectivity index (χ1) is 9.02. The van der Waals surface area contributed by atoms with E-state index in [1.807, 2.05) is 13.8 Å². The highest BCUT2D eigenvalue weighted by Crippen LogP contribution is 2.42. The van der Waals surface area contributed by atoms with Crippen molar-refractivity contribution < 1.29 is 4.52 Å². The molecule has 3 nitrogen and oxygen atoms in total. The van der Waals surface area contributed by atoms with Gasteiger partial charge in [0.25, 0.3) is 0 Å². The zero-order valence-corrected chi connectivity index (χ0v) is 12.9. The molecule has 3 heteroatoms.